The maximum atomic E-state index is 12.7. The molecule has 0 aliphatic rings. The number of carbonyl (C=O) groups is 1. The molecule has 2 aromatic heterocycles. The van der Waals surface area contributed by atoms with Crippen LogP contribution in [0.4, 0.5) is 0 Å². The molecule has 44 heavy (non-hydrogen) atoms. The fourth-order valence-electron chi connectivity index (χ4n) is 4.52. The second-order valence-electron chi connectivity index (χ2n) is 9.79. The Labute approximate surface area is 259 Å². The molecule has 1 N–H and O–H groups in total. The number of nitrogens with zero attached hydrogens (tertiary/aromatic N) is 6. The zero-order valence-corrected chi connectivity index (χ0v) is 24.8. The Morgan fingerprint density at radius 2 is 1.52 bits per heavy atom. The van der Waals surface area contributed by atoms with E-state index in [0.29, 0.717) is 11.8 Å². The third kappa shape index (κ3) is 6.93. The fourth-order valence-corrected chi connectivity index (χ4v) is 5.31. The lowest BCUT2D eigenvalue weighted by molar-refractivity contribution is -0.118. The summed E-state index contributed by atoms with van der Waals surface area (Å²) in [6, 6.07) is 37.5. The molecule has 1 amide bonds. The minimum atomic E-state index is -0.261. The van der Waals surface area contributed by atoms with Gasteiger partial charge in [-0.05, 0) is 61.0 Å². The Morgan fingerprint density at radius 3 is 2.23 bits per heavy atom. The number of aryl methyl sites for hydroxylation is 1. The number of nitrogens with one attached hydrogen (secondary N) is 1. The van der Waals surface area contributed by atoms with Crippen LogP contribution in [0.15, 0.2) is 132 Å². The van der Waals surface area contributed by atoms with E-state index in [-0.39, 0.29) is 11.7 Å². The van der Waals surface area contributed by atoms with Crippen LogP contribution < -0.4 is 10.2 Å². The van der Waals surface area contributed by atoms with Crippen molar-refractivity contribution in [2.75, 3.05) is 5.75 Å². The van der Waals surface area contributed by atoms with Crippen molar-refractivity contribution in [2.45, 2.75) is 18.7 Å². The summed E-state index contributed by atoms with van der Waals surface area (Å²) in [5, 5.41) is 18.1. The molecule has 0 aliphatic carbocycles. The van der Waals surface area contributed by atoms with Crippen molar-refractivity contribution in [3.63, 3.8) is 0 Å². The molecule has 0 radical (unpaired) electrons. The number of carbonyl (C=O) groups excluding carboxylic acids is 1. The molecule has 6 aromatic rings. The van der Waals surface area contributed by atoms with Gasteiger partial charge in [0.05, 0.1) is 17.7 Å². The smallest absolute Gasteiger partial charge is 0.250 e. The first-order valence-corrected chi connectivity index (χ1v) is 15.0. The lowest BCUT2D eigenvalue weighted by Gasteiger charge is -2.07. The summed E-state index contributed by atoms with van der Waals surface area (Å²) < 4.78 is 9.67. The molecule has 9 nitrogen and oxygen atoms in total. The number of hydrogen-bond acceptors (Lipinski definition) is 7. The van der Waals surface area contributed by atoms with Crippen molar-refractivity contribution in [2.24, 2.45) is 5.10 Å². The standard InChI is InChI=1S/C34H29N7O2S/c1-25-36-38-34(41(25)30-15-9-4-10-16-30)44-24-32(42)37-35-21-28-22-40(29-13-7-3-8-14-29)39-33(28)27-17-19-31(20-18-27)43-23-26-11-5-2-6-12-26/h2-22H,23-24H2,1H3,(H,37,42)/b35-21-. The third-order valence-electron chi connectivity index (χ3n) is 6.67. The van der Waals surface area contributed by atoms with Crippen molar-refractivity contribution in [1.82, 2.24) is 30.0 Å². The first-order chi connectivity index (χ1) is 21.6. The lowest BCUT2D eigenvalue weighted by Crippen LogP contribution is -2.20. The summed E-state index contributed by atoms with van der Waals surface area (Å²) in [6.07, 6.45) is 3.50. The largest absolute Gasteiger partial charge is 0.489 e. The number of rotatable bonds is 11. The highest BCUT2D eigenvalue weighted by atomic mass is 32.2. The predicted molar refractivity (Wildman–Crippen MR) is 172 cm³/mol. The Morgan fingerprint density at radius 1 is 0.864 bits per heavy atom. The molecular formula is C34H29N7O2S. The molecule has 6 rings (SSSR count). The van der Waals surface area contributed by atoms with Crippen molar-refractivity contribution >= 4 is 23.9 Å². The molecule has 2 heterocycles. The third-order valence-corrected chi connectivity index (χ3v) is 7.60. The molecule has 0 bridgehead atoms. The highest BCUT2D eigenvalue weighted by molar-refractivity contribution is 7.99. The van der Waals surface area contributed by atoms with Gasteiger partial charge in [-0.2, -0.15) is 10.2 Å². The molecule has 4 aromatic carbocycles. The quantitative estimate of drug-likeness (QED) is 0.107. The summed E-state index contributed by atoms with van der Waals surface area (Å²) in [4.78, 5) is 12.7. The van der Waals surface area contributed by atoms with E-state index in [2.05, 4.69) is 20.7 Å². The van der Waals surface area contributed by atoms with Gasteiger partial charge in [0.15, 0.2) is 5.16 Å². The topological polar surface area (TPSA) is 99.2 Å². The van der Waals surface area contributed by atoms with Gasteiger partial charge < -0.3 is 4.74 Å². The summed E-state index contributed by atoms with van der Waals surface area (Å²) in [5.41, 5.74) is 7.95. The molecule has 0 saturated heterocycles. The Balaban J connectivity index is 1.15. The van der Waals surface area contributed by atoms with Gasteiger partial charge in [0.2, 0.25) is 0 Å². The van der Waals surface area contributed by atoms with E-state index < -0.39 is 0 Å². The van der Waals surface area contributed by atoms with Gasteiger partial charge in [0.1, 0.15) is 23.9 Å². The fraction of sp³-hybridized carbons (Fsp3) is 0.0882. The second-order valence-corrected chi connectivity index (χ2v) is 10.7. The minimum Gasteiger partial charge on any atom is -0.489 e. The maximum absolute atomic E-state index is 12.7. The monoisotopic (exact) mass is 599 g/mol. The molecule has 10 heteroatoms. The highest BCUT2D eigenvalue weighted by Gasteiger charge is 2.14. The zero-order valence-electron chi connectivity index (χ0n) is 23.9. The van der Waals surface area contributed by atoms with Crippen LogP contribution in [-0.4, -0.2) is 42.4 Å². The molecule has 0 fully saturated rings. The number of ether oxygens (including phenoxy) is 1. The van der Waals surface area contributed by atoms with Gasteiger partial charge in [-0.15, -0.1) is 10.2 Å². The van der Waals surface area contributed by atoms with Gasteiger partial charge in [0.25, 0.3) is 5.91 Å². The van der Waals surface area contributed by atoms with Crippen LogP contribution in [0.5, 0.6) is 5.75 Å². The maximum Gasteiger partial charge on any atom is 0.250 e. The van der Waals surface area contributed by atoms with Crippen molar-refractivity contribution < 1.29 is 9.53 Å². The van der Waals surface area contributed by atoms with Crippen LogP contribution >= 0.6 is 11.8 Å². The average molecular weight is 600 g/mol. The number of para-hydroxylation sites is 2. The number of hydrazone groups is 1. The Bertz CT molecular complexity index is 1850. The van der Waals surface area contributed by atoms with Crippen LogP contribution in [0.3, 0.4) is 0 Å². The average Bonchev–Trinajstić information content (AvgIpc) is 3.67. The molecule has 0 unspecified atom stereocenters. The van der Waals surface area contributed by atoms with E-state index in [1.165, 1.54) is 11.8 Å². The number of benzene rings is 4. The first-order valence-electron chi connectivity index (χ1n) is 14.0. The van der Waals surface area contributed by atoms with Crippen LogP contribution in [-0.2, 0) is 11.4 Å². The number of aromatic nitrogens is 5. The molecule has 0 saturated carbocycles. The summed E-state index contributed by atoms with van der Waals surface area (Å²) in [6.45, 7) is 2.37. The molecule has 218 valence electrons. The van der Waals surface area contributed by atoms with E-state index in [1.54, 1.807) is 10.9 Å². The molecular weight excluding hydrogens is 570 g/mol. The van der Waals surface area contributed by atoms with Crippen LogP contribution in [0.2, 0.25) is 0 Å². The number of thioether (sulfide) groups is 1. The first kappa shape index (κ1) is 28.6. The van der Waals surface area contributed by atoms with E-state index in [0.717, 1.165) is 45.3 Å². The minimum absolute atomic E-state index is 0.128. The van der Waals surface area contributed by atoms with Crippen molar-refractivity contribution in [3.05, 3.63) is 138 Å². The van der Waals surface area contributed by atoms with Crippen LogP contribution in [0.1, 0.15) is 17.0 Å². The molecule has 0 aliphatic heterocycles. The van der Waals surface area contributed by atoms with Crippen molar-refractivity contribution in [3.8, 4) is 28.4 Å². The highest BCUT2D eigenvalue weighted by Crippen LogP contribution is 2.26. The van der Waals surface area contributed by atoms with Gasteiger partial charge in [-0.3, -0.25) is 9.36 Å². The SMILES string of the molecule is Cc1nnc(SCC(=O)N/N=C\c2cn(-c3ccccc3)nc2-c2ccc(OCc3ccccc3)cc2)n1-c1ccccc1. The number of amides is 1. The van der Waals surface area contributed by atoms with E-state index >= 15 is 0 Å². The molecule has 0 atom stereocenters. The lowest BCUT2D eigenvalue weighted by atomic mass is 10.1. The van der Waals surface area contributed by atoms with Gasteiger partial charge in [0, 0.05) is 23.0 Å². The summed E-state index contributed by atoms with van der Waals surface area (Å²) >= 11 is 1.30. The Hall–Kier alpha value is -5.48. The van der Waals surface area contributed by atoms with Crippen LogP contribution in [0, 0.1) is 6.92 Å². The molecule has 0 spiro atoms. The van der Waals surface area contributed by atoms with E-state index in [4.69, 9.17) is 9.84 Å². The van der Waals surface area contributed by atoms with Crippen LogP contribution in [0.25, 0.3) is 22.6 Å². The van der Waals surface area contributed by atoms with Crippen molar-refractivity contribution in [1.29, 1.82) is 0 Å². The predicted octanol–water partition coefficient (Wildman–Crippen LogP) is 6.25. The second kappa shape index (κ2) is 13.7. The van der Waals surface area contributed by atoms with Gasteiger partial charge >= 0.3 is 0 Å². The summed E-state index contributed by atoms with van der Waals surface area (Å²) in [5.74, 6) is 1.38. The normalized spacial score (nSPS) is 11.1. The van der Waals surface area contributed by atoms with Gasteiger partial charge in [-0.25, -0.2) is 10.1 Å². The Kier molecular flexibility index (Phi) is 8.89. The van der Waals surface area contributed by atoms with E-state index in [9.17, 15) is 4.79 Å². The number of hydrogen-bond donors (Lipinski definition) is 1. The zero-order chi connectivity index (χ0) is 30.1. The van der Waals surface area contributed by atoms with Gasteiger partial charge in [-0.1, -0.05) is 78.5 Å². The summed E-state index contributed by atoms with van der Waals surface area (Å²) in [7, 11) is 0. The van der Waals surface area contributed by atoms with E-state index in [1.807, 2.05) is 133 Å².